The first-order valence-electron chi connectivity index (χ1n) is 8.46. The van der Waals surface area contributed by atoms with Gasteiger partial charge in [-0.1, -0.05) is 18.2 Å². The SMILES string of the molecule is CNCC1CCN(C(=O)CCCNC(=O)c2ccccc2)CC1. The molecule has 2 N–H and O–H groups in total. The highest BCUT2D eigenvalue weighted by Crippen LogP contribution is 2.17. The van der Waals surface area contributed by atoms with Crippen LogP contribution in [0.1, 0.15) is 36.0 Å². The average Bonchev–Trinajstić information content (AvgIpc) is 2.60. The van der Waals surface area contributed by atoms with Crippen LogP contribution in [0.3, 0.4) is 0 Å². The zero-order valence-corrected chi connectivity index (χ0v) is 13.9. The van der Waals surface area contributed by atoms with Crippen molar-refractivity contribution in [2.75, 3.05) is 33.2 Å². The van der Waals surface area contributed by atoms with E-state index in [1.807, 2.05) is 30.1 Å². The number of benzene rings is 1. The summed E-state index contributed by atoms with van der Waals surface area (Å²) in [6, 6.07) is 9.15. The van der Waals surface area contributed by atoms with Gasteiger partial charge < -0.3 is 15.5 Å². The van der Waals surface area contributed by atoms with Crippen LogP contribution < -0.4 is 10.6 Å². The summed E-state index contributed by atoms with van der Waals surface area (Å²) < 4.78 is 0. The van der Waals surface area contributed by atoms with Gasteiger partial charge in [-0.3, -0.25) is 9.59 Å². The zero-order valence-electron chi connectivity index (χ0n) is 13.9. The van der Waals surface area contributed by atoms with Crippen molar-refractivity contribution in [1.82, 2.24) is 15.5 Å². The molecule has 23 heavy (non-hydrogen) atoms. The van der Waals surface area contributed by atoms with Crippen LogP contribution in [0.25, 0.3) is 0 Å². The molecular weight excluding hydrogens is 290 g/mol. The minimum atomic E-state index is -0.0778. The lowest BCUT2D eigenvalue weighted by molar-refractivity contribution is -0.132. The maximum atomic E-state index is 12.2. The third-order valence-electron chi connectivity index (χ3n) is 4.35. The number of piperidine rings is 1. The molecule has 1 aliphatic rings. The second-order valence-corrected chi connectivity index (χ2v) is 6.11. The first kappa shape index (κ1) is 17.5. The third kappa shape index (κ3) is 5.67. The van der Waals surface area contributed by atoms with Gasteiger partial charge in [-0.2, -0.15) is 0 Å². The van der Waals surface area contributed by atoms with Crippen molar-refractivity contribution in [1.29, 1.82) is 0 Å². The van der Waals surface area contributed by atoms with E-state index in [4.69, 9.17) is 0 Å². The molecule has 1 fully saturated rings. The van der Waals surface area contributed by atoms with Gasteiger partial charge in [0.25, 0.3) is 5.91 Å². The van der Waals surface area contributed by atoms with Crippen molar-refractivity contribution in [3.05, 3.63) is 35.9 Å². The van der Waals surface area contributed by atoms with Crippen LogP contribution in [0.4, 0.5) is 0 Å². The smallest absolute Gasteiger partial charge is 0.251 e. The molecular formula is C18H27N3O2. The molecule has 0 atom stereocenters. The number of rotatable bonds is 7. The molecule has 1 saturated heterocycles. The molecule has 0 radical (unpaired) electrons. The summed E-state index contributed by atoms with van der Waals surface area (Å²) in [5, 5.41) is 6.07. The van der Waals surface area contributed by atoms with Crippen LogP contribution in [0.2, 0.25) is 0 Å². The fourth-order valence-electron chi connectivity index (χ4n) is 2.97. The number of amides is 2. The second kappa shape index (κ2) is 9.30. The van der Waals surface area contributed by atoms with Crippen LogP contribution in [-0.2, 0) is 4.79 Å². The van der Waals surface area contributed by atoms with Gasteiger partial charge in [0.15, 0.2) is 0 Å². The van der Waals surface area contributed by atoms with Gasteiger partial charge in [-0.15, -0.1) is 0 Å². The minimum absolute atomic E-state index is 0.0778. The van der Waals surface area contributed by atoms with Crippen LogP contribution in [0, 0.1) is 5.92 Å². The molecule has 0 unspecified atom stereocenters. The first-order valence-corrected chi connectivity index (χ1v) is 8.46. The first-order chi connectivity index (χ1) is 11.2. The van der Waals surface area contributed by atoms with E-state index in [0.29, 0.717) is 30.9 Å². The van der Waals surface area contributed by atoms with Gasteiger partial charge in [-0.25, -0.2) is 0 Å². The fraction of sp³-hybridized carbons (Fsp3) is 0.556. The summed E-state index contributed by atoms with van der Waals surface area (Å²) in [5.41, 5.74) is 0.658. The largest absolute Gasteiger partial charge is 0.352 e. The number of hydrogen-bond acceptors (Lipinski definition) is 3. The lowest BCUT2D eigenvalue weighted by Gasteiger charge is -2.32. The Morgan fingerprint density at radius 3 is 2.52 bits per heavy atom. The lowest BCUT2D eigenvalue weighted by atomic mass is 9.96. The third-order valence-corrected chi connectivity index (χ3v) is 4.35. The van der Waals surface area contributed by atoms with E-state index in [9.17, 15) is 9.59 Å². The van der Waals surface area contributed by atoms with Crippen molar-refractivity contribution in [3.8, 4) is 0 Å². The fourth-order valence-corrected chi connectivity index (χ4v) is 2.97. The predicted octanol–water partition coefficient (Wildman–Crippen LogP) is 1.65. The van der Waals surface area contributed by atoms with Crippen molar-refractivity contribution in [2.45, 2.75) is 25.7 Å². The summed E-state index contributed by atoms with van der Waals surface area (Å²) >= 11 is 0. The van der Waals surface area contributed by atoms with Gasteiger partial charge in [0.1, 0.15) is 0 Å². The van der Waals surface area contributed by atoms with E-state index in [-0.39, 0.29) is 11.8 Å². The Labute approximate surface area is 138 Å². The normalized spacial score (nSPS) is 15.4. The number of carbonyl (C=O) groups excluding carboxylic acids is 2. The van der Waals surface area contributed by atoms with E-state index in [1.165, 1.54) is 0 Å². The van der Waals surface area contributed by atoms with Crippen molar-refractivity contribution >= 4 is 11.8 Å². The summed E-state index contributed by atoms with van der Waals surface area (Å²) in [6.07, 6.45) is 3.36. The van der Waals surface area contributed by atoms with E-state index in [0.717, 1.165) is 32.5 Å². The molecule has 1 aromatic carbocycles. The van der Waals surface area contributed by atoms with Gasteiger partial charge in [0.05, 0.1) is 0 Å². The Kier molecular flexibility index (Phi) is 7.07. The van der Waals surface area contributed by atoms with E-state index in [2.05, 4.69) is 10.6 Å². The zero-order chi connectivity index (χ0) is 16.5. The summed E-state index contributed by atoms with van der Waals surface area (Å²) in [7, 11) is 1.97. The molecule has 0 bridgehead atoms. The highest BCUT2D eigenvalue weighted by molar-refractivity contribution is 5.94. The monoisotopic (exact) mass is 317 g/mol. The second-order valence-electron chi connectivity index (χ2n) is 6.11. The summed E-state index contributed by atoms with van der Waals surface area (Å²) in [6.45, 7) is 3.30. The Morgan fingerprint density at radius 2 is 1.87 bits per heavy atom. The molecule has 2 amide bonds. The quantitative estimate of drug-likeness (QED) is 0.752. The van der Waals surface area contributed by atoms with Gasteiger partial charge in [-0.05, 0) is 50.9 Å². The Hall–Kier alpha value is -1.88. The Morgan fingerprint density at radius 1 is 1.17 bits per heavy atom. The van der Waals surface area contributed by atoms with E-state index >= 15 is 0 Å². The molecule has 0 saturated carbocycles. The van der Waals surface area contributed by atoms with Crippen molar-refractivity contribution in [2.24, 2.45) is 5.92 Å². The predicted molar refractivity (Wildman–Crippen MR) is 91.2 cm³/mol. The number of nitrogens with one attached hydrogen (secondary N) is 2. The molecule has 5 heteroatoms. The van der Waals surface area contributed by atoms with Crippen LogP contribution in [0.5, 0.6) is 0 Å². The molecule has 1 aliphatic heterocycles. The maximum absolute atomic E-state index is 12.2. The molecule has 126 valence electrons. The molecule has 1 aromatic rings. The molecule has 1 heterocycles. The molecule has 0 aromatic heterocycles. The van der Waals surface area contributed by atoms with E-state index < -0.39 is 0 Å². The van der Waals surface area contributed by atoms with Crippen LogP contribution >= 0.6 is 0 Å². The Bertz CT molecular complexity index is 496. The van der Waals surface area contributed by atoms with Crippen molar-refractivity contribution in [3.63, 3.8) is 0 Å². The van der Waals surface area contributed by atoms with Crippen molar-refractivity contribution < 1.29 is 9.59 Å². The number of nitrogens with zero attached hydrogens (tertiary/aromatic N) is 1. The average molecular weight is 317 g/mol. The minimum Gasteiger partial charge on any atom is -0.352 e. The molecule has 5 nitrogen and oxygen atoms in total. The molecule has 0 spiro atoms. The van der Waals surface area contributed by atoms with Crippen LogP contribution in [0.15, 0.2) is 30.3 Å². The molecule has 0 aliphatic carbocycles. The highest BCUT2D eigenvalue weighted by atomic mass is 16.2. The molecule has 2 rings (SSSR count). The topological polar surface area (TPSA) is 61.4 Å². The van der Waals surface area contributed by atoms with E-state index in [1.54, 1.807) is 12.1 Å². The van der Waals surface area contributed by atoms with Crippen LogP contribution in [-0.4, -0.2) is 49.9 Å². The maximum Gasteiger partial charge on any atom is 0.251 e. The highest BCUT2D eigenvalue weighted by Gasteiger charge is 2.21. The van der Waals surface area contributed by atoms with Gasteiger partial charge in [0.2, 0.25) is 5.91 Å². The van der Waals surface area contributed by atoms with Gasteiger partial charge in [0, 0.05) is 31.6 Å². The Balaban J connectivity index is 1.61. The van der Waals surface area contributed by atoms with Gasteiger partial charge >= 0.3 is 0 Å². The summed E-state index contributed by atoms with van der Waals surface area (Å²) in [5.74, 6) is 0.821. The number of hydrogen-bond donors (Lipinski definition) is 2. The number of likely N-dealkylation sites (tertiary alicyclic amines) is 1. The summed E-state index contributed by atoms with van der Waals surface area (Å²) in [4.78, 5) is 26.0. The lowest BCUT2D eigenvalue weighted by Crippen LogP contribution is -2.40. The standard InChI is InChI=1S/C18H27N3O2/c1-19-14-15-9-12-21(13-10-15)17(22)8-5-11-20-18(23)16-6-3-2-4-7-16/h2-4,6-7,15,19H,5,8-14H2,1H3,(H,20,23). The number of carbonyl (C=O) groups is 2.